The monoisotopic (exact) mass is 435 g/mol. The van der Waals surface area contributed by atoms with E-state index < -0.39 is 0 Å². The van der Waals surface area contributed by atoms with Gasteiger partial charge in [0.15, 0.2) is 0 Å². The number of benzene rings is 1. The van der Waals surface area contributed by atoms with Crippen LogP contribution in [0.5, 0.6) is 0 Å². The molecule has 0 aliphatic heterocycles. The van der Waals surface area contributed by atoms with Crippen molar-refractivity contribution < 1.29 is 8.78 Å². The number of fused-ring (bicyclic) bond motifs is 1. The molecule has 0 saturated heterocycles. The van der Waals surface area contributed by atoms with Crippen molar-refractivity contribution in [1.82, 2.24) is 9.97 Å². The van der Waals surface area contributed by atoms with Crippen LogP contribution in [0.3, 0.4) is 0 Å². The molecule has 1 saturated carbocycles. The normalized spacial score (nSPS) is 14.9. The Morgan fingerprint density at radius 2 is 1.94 bits per heavy atom. The molecule has 3 aromatic rings. The molecule has 6 heteroatoms. The molecule has 0 radical (unpaired) electrons. The number of hydrogen-bond acceptors (Lipinski definition) is 3. The Balaban J connectivity index is 1.29. The minimum Gasteiger partial charge on any atom is -0.344 e. The van der Waals surface area contributed by atoms with Crippen molar-refractivity contribution in [1.29, 1.82) is 0 Å². The molecule has 0 spiro atoms. The summed E-state index contributed by atoms with van der Waals surface area (Å²) in [6, 6.07) is 8.48. The summed E-state index contributed by atoms with van der Waals surface area (Å²) in [4.78, 5) is 8.71. The lowest BCUT2D eigenvalue weighted by Gasteiger charge is -2.12. The van der Waals surface area contributed by atoms with Crippen molar-refractivity contribution in [3.8, 4) is 11.1 Å². The lowest BCUT2D eigenvalue weighted by atomic mass is 10.0. The van der Waals surface area contributed by atoms with Crippen LogP contribution in [-0.4, -0.2) is 9.97 Å². The standard InChI is InChI=1S/C25H20ClF2N3/c1-14(31-25-11-21(26)20(13-30-25)15-2-3-15)8-17-5-4-16(10-23(17)28)18-9-19-22(27)6-7-24(19)29-12-18/h4-6,9-13,15H,1-3,7-8H2,(H,30,31). The van der Waals surface area contributed by atoms with Crippen molar-refractivity contribution in [2.75, 3.05) is 5.32 Å². The zero-order valence-electron chi connectivity index (χ0n) is 16.8. The maximum absolute atomic E-state index is 14.8. The van der Waals surface area contributed by atoms with Gasteiger partial charge in [0.25, 0.3) is 0 Å². The summed E-state index contributed by atoms with van der Waals surface area (Å²) in [5, 5.41) is 3.80. The first-order chi connectivity index (χ1) is 15.0. The van der Waals surface area contributed by atoms with Crippen LogP contribution >= 0.6 is 11.6 Å². The first-order valence-corrected chi connectivity index (χ1v) is 10.6. The van der Waals surface area contributed by atoms with E-state index in [0.717, 1.165) is 18.4 Å². The highest BCUT2D eigenvalue weighted by molar-refractivity contribution is 6.31. The van der Waals surface area contributed by atoms with Crippen LogP contribution < -0.4 is 5.32 Å². The fourth-order valence-corrected chi connectivity index (χ4v) is 4.15. The third kappa shape index (κ3) is 4.10. The topological polar surface area (TPSA) is 37.8 Å². The fourth-order valence-electron chi connectivity index (χ4n) is 3.85. The molecule has 156 valence electrons. The summed E-state index contributed by atoms with van der Waals surface area (Å²) in [6.07, 6.45) is 8.06. The van der Waals surface area contributed by atoms with Crippen LogP contribution in [0.15, 0.2) is 61.1 Å². The zero-order valence-corrected chi connectivity index (χ0v) is 17.5. The zero-order chi connectivity index (χ0) is 21.5. The molecule has 0 atom stereocenters. The summed E-state index contributed by atoms with van der Waals surface area (Å²) >= 11 is 6.35. The molecule has 1 fully saturated rings. The van der Waals surface area contributed by atoms with E-state index in [0.29, 0.717) is 63.2 Å². The minimum absolute atomic E-state index is 0.275. The number of aromatic nitrogens is 2. The molecule has 2 aliphatic rings. The summed E-state index contributed by atoms with van der Waals surface area (Å²) in [6.45, 7) is 4.00. The predicted octanol–water partition coefficient (Wildman–Crippen LogP) is 6.85. The molecule has 5 rings (SSSR count). The van der Waals surface area contributed by atoms with E-state index in [4.69, 9.17) is 11.6 Å². The fraction of sp³-hybridized carbons (Fsp3) is 0.200. The van der Waals surface area contributed by atoms with Gasteiger partial charge in [0.05, 0.1) is 5.69 Å². The van der Waals surface area contributed by atoms with E-state index in [-0.39, 0.29) is 11.6 Å². The smallest absolute Gasteiger partial charge is 0.131 e. The highest BCUT2D eigenvalue weighted by Crippen LogP contribution is 2.43. The maximum atomic E-state index is 14.8. The molecule has 0 amide bonds. The van der Waals surface area contributed by atoms with E-state index in [1.807, 2.05) is 6.07 Å². The number of nitrogens with one attached hydrogen (secondary N) is 1. The third-order valence-corrected chi connectivity index (χ3v) is 6.02. The highest BCUT2D eigenvalue weighted by atomic mass is 35.5. The predicted molar refractivity (Wildman–Crippen MR) is 120 cm³/mol. The van der Waals surface area contributed by atoms with E-state index in [1.165, 1.54) is 12.1 Å². The van der Waals surface area contributed by atoms with Crippen LogP contribution in [0.1, 0.15) is 41.1 Å². The lowest BCUT2D eigenvalue weighted by molar-refractivity contribution is 0.614. The molecule has 2 heterocycles. The molecule has 0 unspecified atom stereocenters. The van der Waals surface area contributed by atoms with E-state index in [9.17, 15) is 8.78 Å². The van der Waals surface area contributed by atoms with Crippen LogP contribution in [0.25, 0.3) is 17.0 Å². The third-order valence-electron chi connectivity index (χ3n) is 5.70. The SMILES string of the molecule is C=C(Cc1ccc(-c2cnc3c(c2)C(F)=CC3)cc1F)Nc1cc(Cl)c(C2CC2)cn1. The molecule has 31 heavy (non-hydrogen) atoms. The van der Waals surface area contributed by atoms with E-state index in [2.05, 4.69) is 21.9 Å². The highest BCUT2D eigenvalue weighted by Gasteiger charge is 2.26. The summed E-state index contributed by atoms with van der Waals surface area (Å²) in [5.41, 5.74) is 4.72. The maximum Gasteiger partial charge on any atom is 0.131 e. The second kappa shape index (κ2) is 7.89. The van der Waals surface area contributed by atoms with Crippen LogP contribution in [0, 0.1) is 5.82 Å². The van der Waals surface area contributed by atoms with E-state index in [1.54, 1.807) is 30.6 Å². The molecule has 3 nitrogen and oxygen atoms in total. The van der Waals surface area contributed by atoms with Gasteiger partial charge in [-0.25, -0.2) is 13.8 Å². The molecule has 0 bridgehead atoms. The van der Waals surface area contributed by atoms with Gasteiger partial charge in [-0.1, -0.05) is 30.3 Å². The Morgan fingerprint density at radius 1 is 1.10 bits per heavy atom. The average molecular weight is 436 g/mol. The Hall–Kier alpha value is -3.05. The summed E-state index contributed by atoms with van der Waals surface area (Å²) < 4.78 is 28.7. The van der Waals surface area contributed by atoms with Gasteiger partial charge in [-0.3, -0.25) is 4.98 Å². The van der Waals surface area contributed by atoms with Crippen LogP contribution in [0.4, 0.5) is 14.6 Å². The Labute approximate surface area is 184 Å². The second-order valence-corrected chi connectivity index (χ2v) is 8.46. The number of anilines is 1. The van der Waals surface area contributed by atoms with Crippen molar-refractivity contribution in [2.24, 2.45) is 0 Å². The lowest BCUT2D eigenvalue weighted by Crippen LogP contribution is -2.05. The van der Waals surface area contributed by atoms with Gasteiger partial charge in [0.2, 0.25) is 0 Å². The van der Waals surface area contributed by atoms with Gasteiger partial charge in [-0.15, -0.1) is 0 Å². The van der Waals surface area contributed by atoms with Gasteiger partial charge >= 0.3 is 0 Å². The Bertz CT molecular complexity index is 1230. The van der Waals surface area contributed by atoms with Gasteiger partial charge in [0, 0.05) is 47.1 Å². The first-order valence-electron chi connectivity index (χ1n) is 10.2. The quantitative estimate of drug-likeness (QED) is 0.460. The minimum atomic E-state index is -0.355. The number of halogens is 3. The molecule has 2 aromatic heterocycles. The van der Waals surface area contributed by atoms with Gasteiger partial charge in [-0.2, -0.15) is 0 Å². The first kappa shape index (κ1) is 19.9. The Kier molecular flexibility index (Phi) is 5.06. The largest absolute Gasteiger partial charge is 0.344 e. The van der Waals surface area contributed by atoms with Crippen molar-refractivity contribution in [3.63, 3.8) is 0 Å². The summed E-state index contributed by atoms with van der Waals surface area (Å²) in [5.74, 6) is 0.490. The van der Waals surface area contributed by atoms with Crippen LogP contribution in [-0.2, 0) is 12.8 Å². The van der Waals surface area contributed by atoms with Gasteiger partial charge in [-0.05, 0) is 59.7 Å². The van der Waals surface area contributed by atoms with E-state index >= 15 is 0 Å². The van der Waals surface area contributed by atoms with Gasteiger partial charge < -0.3 is 5.32 Å². The number of hydrogen-bond donors (Lipinski definition) is 1. The number of pyridine rings is 2. The Morgan fingerprint density at radius 3 is 2.68 bits per heavy atom. The number of allylic oxidation sites excluding steroid dienone is 2. The van der Waals surface area contributed by atoms with Crippen LogP contribution in [0.2, 0.25) is 5.02 Å². The average Bonchev–Trinajstić information content (AvgIpc) is 3.52. The van der Waals surface area contributed by atoms with Crippen molar-refractivity contribution in [3.05, 3.63) is 94.3 Å². The number of nitrogens with zero attached hydrogens (tertiary/aromatic N) is 2. The molecular weight excluding hydrogens is 416 g/mol. The number of rotatable bonds is 6. The molecule has 2 aliphatic carbocycles. The molecule has 1 aromatic carbocycles. The van der Waals surface area contributed by atoms with Crippen molar-refractivity contribution in [2.45, 2.75) is 31.6 Å². The molecule has 1 N–H and O–H groups in total. The summed E-state index contributed by atoms with van der Waals surface area (Å²) in [7, 11) is 0. The van der Waals surface area contributed by atoms with Crippen molar-refractivity contribution >= 4 is 23.2 Å². The van der Waals surface area contributed by atoms with Gasteiger partial charge in [0.1, 0.15) is 17.5 Å². The second-order valence-electron chi connectivity index (χ2n) is 8.05. The molecular formula is C25H20ClF2N3.